The molecule has 0 aliphatic rings. The van der Waals surface area contributed by atoms with E-state index in [1.54, 1.807) is 7.11 Å². The maximum atomic E-state index is 5.44. The number of aromatic nitrogens is 1. The van der Waals surface area contributed by atoms with Gasteiger partial charge in [-0.3, -0.25) is 4.98 Å². The fourth-order valence-electron chi connectivity index (χ4n) is 1.74. The van der Waals surface area contributed by atoms with Gasteiger partial charge < -0.3 is 10.1 Å². The van der Waals surface area contributed by atoms with Crippen LogP contribution in [0.25, 0.3) is 0 Å². The molecule has 1 unspecified atom stereocenters. The van der Waals surface area contributed by atoms with Crippen molar-refractivity contribution in [3.63, 3.8) is 0 Å². The summed E-state index contributed by atoms with van der Waals surface area (Å²) < 4.78 is 5.44. The van der Waals surface area contributed by atoms with E-state index in [9.17, 15) is 0 Å². The van der Waals surface area contributed by atoms with Crippen LogP contribution in [0, 0.1) is 0 Å². The van der Waals surface area contributed by atoms with Gasteiger partial charge in [0.25, 0.3) is 0 Å². The Morgan fingerprint density at radius 2 is 2.18 bits per heavy atom. The standard InChI is InChI=1S/C14H24N2O/c1-14(2,17-4)9-8-12(15-3)11-13-7-5-6-10-16-13/h5-7,10,12,15H,8-9,11H2,1-4H3. The summed E-state index contributed by atoms with van der Waals surface area (Å²) >= 11 is 0. The highest BCUT2D eigenvalue weighted by atomic mass is 16.5. The van der Waals surface area contributed by atoms with Crippen LogP contribution in [0.3, 0.4) is 0 Å². The van der Waals surface area contributed by atoms with Crippen molar-refractivity contribution in [1.29, 1.82) is 0 Å². The maximum absolute atomic E-state index is 5.44. The lowest BCUT2D eigenvalue weighted by Gasteiger charge is -2.25. The van der Waals surface area contributed by atoms with Crippen molar-refractivity contribution in [2.45, 2.75) is 44.8 Å². The van der Waals surface area contributed by atoms with Crippen LogP contribution in [0.5, 0.6) is 0 Å². The first-order valence-corrected chi connectivity index (χ1v) is 6.20. The molecule has 0 bridgehead atoms. The third-order valence-corrected chi connectivity index (χ3v) is 3.24. The third-order valence-electron chi connectivity index (χ3n) is 3.24. The van der Waals surface area contributed by atoms with Crippen LogP contribution >= 0.6 is 0 Å². The predicted octanol–water partition coefficient (Wildman–Crippen LogP) is 2.42. The van der Waals surface area contributed by atoms with Crippen molar-refractivity contribution in [3.8, 4) is 0 Å². The highest BCUT2D eigenvalue weighted by molar-refractivity contribution is 5.05. The minimum atomic E-state index is -0.0424. The summed E-state index contributed by atoms with van der Waals surface area (Å²) in [7, 11) is 3.78. The number of nitrogens with one attached hydrogen (secondary N) is 1. The number of rotatable bonds is 7. The van der Waals surface area contributed by atoms with Gasteiger partial charge in [-0.05, 0) is 45.9 Å². The van der Waals surface area contributed by atoms with Crippen LogP contribution in [0.4, 0.5) is 0 Å². The molecule has 0 radical (unpaired) electrons. The number of pyridine rings is 1. The van der Waals surface area contributed by atoms with Crippen LogP contribution in [0.1, 0.15) is 32.4 Å². The molecule has 0 aliphatic heterocycles. The van der Waals surface area contributed by atoms with E-state index in [4.69, 9.17) is 4.74 Å². The highest BCUT2D eigenvalue weighted by Gasteiger charge is 2.18. The molecule has 1 atom stereocenters. The molecule has 1 heterocycles. The van der Waals surface area contributed by atoms with Crippen molar-refractivity contribution in [1.82, 2.24) is 10.3 Å². The van der Waals surface area contributed by atoms with Gasteiger partial charge in [0.05, 0.1) is 5.60 Å². The average Bonchev–Trinajstić information content (AvgIpc) is 2.35. The minimum Gasteiger partial charge on any atom is -0.379 e. The van der Waals surface area contributed by atoms with E-state index in [1.807, 2.05) is 25.4 Å². The largest absolute Gasteiger partial charge is 0.379 e. The summed E-state index contributed by atoms with van der Waals surface area (Å²) in [5.41, 5.74) is 1.10. The summed E-state index contributed by atoms with van der Waals surface area (Å²) in [6.45, 7) is 4.25. The van der Waals surface area contributed by atoms with E-state index in [1.165, 1.54) is 0 Å². The quantitative estimate of drug-likeness (QED) is 0.789. The van der Waals surface area contributed by atoms with Gasteiger partial charge in [-0.15, -0.1) is 0 Å². The molecule has 0 fully saturated rings. The smallest absolute Gasteiger partial charge is 0.0623 e. The molecular formula is C14H24N2O. The summed E-state index contributed by atoms with van der Waals surface area (Å²) in [5.74, 6) is 0. The van der Waals surface area contributed by atoms with Crippen LogP contribution in [0.2, 0.25) is 0 Å². The Kier molecular flexibility index (Phi) is 5.59. The molecule has 1 aromatic rings. The zero-order chi connectivity index (χ0) is 12.7. The van der Waals surface area contributed by atoms with Crippen molar-refractivity contribution in [2.24, 2.45) is 0 Å². The number of hydrogen-bond acceptors (Lipinski definition) is 3. The Bertz CT molecular complexity index is 311. The topological polar surface area (TPSA) is 34.1 Å². The lowest BCUT2D eigenvalue weighted by atomic mass is 9.96. The first-order chi connectivity index (χ1) is 8.07. The first-order valence-electron chi connectivity index (χ1n) is 6.20. The number of nitrogens with zero attached hydrogens (tertiary/aromatic N) is 1. The van der Waals surface area contributed by atoms with Crippen LogP contribution < -0.4 is 5.32 Å². The van der Waals surface area contributed by atoms with E-state index in [2.05, 4.69) is 30.2 Å². The van der Waals surface area contributed by atoms with Crippen LogP contribution in [-0.2, 0) is 11.2 Å². The molecule has 1 aromatic heterocycles. The van der Waals surface area contributed by atoms with Crippen LogP contribution in [0.15, 0.2) is 24.4 Å². The zero-order valence-electron chi connectivity index (χ0n) is 11.4. The monoisotopic (exact) mass is 236 g/mol. The Labute approximate surface area is 105 Å². The Morgan fingerprint density at radius 1 is 1.41 bits per heavy atom. The van der Waals surface area contributed by atoms with E-state index >= 15 is 0 Å². The van der Waals surface area contributed by atoms with Crippen molar-refractivity contribution in [3.05, 3.63) is 30.1 Å². The third kappa shape index (κ3) is 5.29. The second kappa shape index (κ2) is 6.72. The Balaban J connectivity index is 2.44. The number of ether oxygens (including phenoxy) is 1. The molecule has 0 aliphatic carbocycles. The second-order valence-electron chi connectivity index (χ2n) is 5.01. The summed E-state index contributed by atoms with van der Waals surface area (Å²) in [4.78, 5) is 4.36. The SMILES string of the molecule is CNC(CCC(C)(C)OC)Cc1ccccn1. The normalized spacial score (nSPS) is 13.6. The molecule has 3 heteroatoms. The van der Waals surface area contributed by atoms with Gasteiger partial charge in [-0.2, -0.15) is 0 Å². The van der Waals surface area contributed by atoms with E-state index in [0.717, 1.165) is 25.0 Å². The fourth-order valence-corrected chi connectivity index (χ4v) is 1.74. The molecule has 17 heavy (non-hydrogen) atoms. The molecule has 1 N–H and O–H groups in total. The Morgan fingerprint density at radius 3 is 2.71 bits per heavy atom. The molecule has 1 rings (SSSR count). The fraction of sp³-hybridized carbons (Fsp3) is 0.643. The predicted molar refractivity (Wildman–Crippen MR) is 71.1 cm³/mol. The number of methoxy groups -OCH3 is 1. The van der Waals surface area contributed by atoms with Gasteiger partial charge >= 0.3 is 0 Å². The van der Waals surface area contributed by atoms with E-state index < -0.39 is 0 Å². The molecule has 0 aromatic carbocycles. The van der Waals surface area contributed by atoms with E-state index in [-0.39, 0.29) is 5.60 Å². The molecule has 0 saturated carbocycles. The van der Waals surface area contributed by atoms with Crippen LogP contribution in [-0.4, -0.2) is 30.8 Å². The van der Waals surface area contributed by atoms with Crippen molar-refractivity contribution in [2.75, 3.05) is 14.2 Å². The zero-order valence-corrected chi connectivity index (χ0v) is 11.4. The molecule has 0 spiro atoms. The summed E-state index contributed by atoms with van der Waals surface area (Å²) in [6, 6.07) is 6.52. The van der Waals surface area contributed by atoms with Crippen molar-refractivity contribution < 1.29 is 4.74 Å². The molecule has 0 saturated heterocycles. The lowest BCUT2D eigenvalue weighted by molar-refractivity contribution is 0.0118. The van der Waals surface area contributed by atoms with Gasteiger partial charge in [0, 0.05) is 31.5 Å². The van der Waals surface area contributed by atoms with Gasteiger partial charge in [-0.1, -0.05) is 6.07 Å². The minimum absolute atomic E-state index is 0.0424. The average molecular weight is 236 g/mol. The summed E-state index contributed by atoms with van der Waals surface area (Å²) in [5, 5.41) is 3.35. The molecular weight excluding hydrogens is 212 g/mol. The molecule has 96 valence electrons. The first kappa shape index (κ1) is 14.1. The Hall–Kier alpha value is -0.930. The van der Waals surface area contributed by atoms with Gasteiger partial charge in [0.15, 0.2) is 0 Å². The van der Waals surface area contributed by atoms with Gasteiger partial charge in [-0.25, -0.2) is 0 Å². The van der Waals surface area contributed by atoms with Crippen molar-refractivity contribution >= 4 is 0 Å². The van der Waals surface area contributed by atoms with Gasteiger partial charge in [0.1, 0.15) is 0 Å². The molecule has 3 nitrogen and oxygen atoms in total. The second-order valence-corrected chi connectivity index (χ2v) is 5.01. The lowest BCUT2D eigenvalue weighted by Crippen LogP contribution is -2.32. The van der Waals surface area contributed by atoms with Gasteiger partial charge in [0.2, 0.25) is 0 Å². The molecule has 0 amide bonds. The highest BCUT2D eigenvalue weighted by Crippen LogP contribution is 2.17. The number of hydrogen-bond donors (Lipinski definition) is 1. The number of likely N-dealkylation sites (N-methyl/N-ethyl adjacent to an activating group) is 1. The van der Waals surface area contributed by atoms with E-state index in [0.29, 0.717) is 6.04 Å². The maximum Gasteiger partial charge on any atom is 0.0623 e. The summed E-state index contributed by atoms with van der Waals surface area (Å²) in [6.07, 6.45) is 4.95.